The number of rotatable bonds is 1. The number of hydrogen-bond donors (Lipinski definition) is 0. The molecule has 0 atom stereocenters. The van der Waals surface area contributed by atoms with E-state index in [1.54, 1.807) is 5.56 Å². The number of hydrogen-bond acceptors (Lipinski definition) is 0. The Morgan fingerprint density at radius 3 is 1.91 bits per heavy atom. The van der Waals surface area contributed by atoms with Crippen LogP contribution in [0.5, 0.6) is 0 Å². The molecule has 2 bridgehead atoms. The van der Waals surface area contributed by atoms with Gasteiger partial charge in [-0.15, -0.1) is 0 Å². The van der Waals surface area contributed by atoms with Crippen LogP contribution < -0.4 is 0 Å². The van der Waals surface area contributed by atoms with Gasteiger partial charge in [-0.3, -0.25) is 0 Å². The highest BCUT2D eigenvalue weighted by Crippen LogP contribution is 2.60. The van der Waals surface area contributed by atoms with Crippen molar-refractivity contribution in [1.82, 2.24) is 0 Å². The summed E-state index contributed by atoms with van der Waals surface area (Å²) in [5, 5.41) is 0. The summed E-state index contributed by atoms with van der Waals surface area (Å²) >= 11 is 0. The van der Waals surface area contributed by atoms with Crippen molar-refractivity contribution in [1.29, 1.82) is 0 Å². The predicted molar refractivity (Wildman–Crippen MR) is 95.2 cm³/mol. The molecule has 0 nitrogen and oxygen atoms in total. The van der Waals surface area contributed by atoms with Gasteiger partial charge in [0, 0.05) is 11.3 Å². The Balaban J connectivity index is 2.02. The Kier molecular flexibility index (Phi) is 2.48. The van der Waals surface area contributed by atoms with Gasteiger partial charge in [0.25, 0.3) is 0 Å². The second-order valence-corrected chi connectivity index (χ2v) is 6.91. The number of aryl methyl sites for hydroxylation is 1. The Morgan fingerprint density at radius 2 is 1.30 bits per heavy atom. The SMILES string of the molecule is CCC12c3ccccc3C(c3ccccc31)c1cccc(C)c12. The third-order valence-corrected chi connectivity index (χ3v) is 6.04. The fourth-order valence-electron chi connectivity index (χ4n) is 5.26. The molecule has 0 spiro atoms. The molecule has 6 rings (SSSR count). The molecule has 23 heavy (non-hydrogen) atoms. The highest BCUT2D eigenvalue weighted by Gasteiger charge is 2.50. The summed E-state index contributed by atoms with van der Waals surface area (Å²) in [6.45, 7) is 4.62. The van der Waals surface area contributed by atoms with E-state index in [-0.39, 0.29) is 5.41 Å². The third-order valence-electron chi connectivity index (χ3n) is 6.04. The van der Waals surface area contributed by atoms with Gasteiger partial charge < -0.3 is 0 Å². The fourth-order valence-corrected chi connectivity index (χ4v) is 5.26. The molecule has 0 aromatic heterocycles. The van der Waals surface area contributed by atoms with Crippen LogP contribution in [0.3, 0.4) is 0 Å². The minimum Gasteiger partial charge on any atom is -0.0639 e. The van der Waals surface area contributed by atoms with Gasteiger partial charge in [-0.2, -0.15) is 0 Å². The fraction of sp³-hybridized carbons (Fsp3) is 0.217. The first-order valence-electron chi connectivity index (χ1n) is 8.58. The van der Waals surface area contributed by atoms with E-state index in [1.165, 1.54) is 33.4 Å². The van der Waals surface area contributed by atoms with E-state index >= 15 is 0 Å². The number of benzene rings is 3. The summed E-state index contributed by atoms with van der Waals surface area (Å²) in [6, 6.07) is 25.1. The molecule has 0 N–H and O–H groups in total. The van der Waals surface area contributed by atoms with E-state index in [4.69, 9.17) is 0 Å². The smallest absolute Gasteiger partial charge is 0.0460 e. The van der Waals surface area contributed by atoms with E-state index in [9.17, 15) is 0 Å². The molecule has 0 saturated heterocycles. The lowest BCUT2D eigenvalue weighted by Gasteiger charge is -2.51. The molecular weight excluding hydrogens is 276 g/mol. The summed E-state index contributed by atoms with van der Waals surface area (Å²) in [6.07, 6.45) is 1.10. The van der Waals surface area contributed by atoms with Crippen molar-refractivity contribution >= 4 is 0 Å². The van der Waals surface area contributed by atoms with Gasteiger partial charge in [-0.1, -0.05) is 73.7 Å². The first-order valence-corrected chi connectivity index (χ1v) is 8.58. The van der Waals surface area contributed by atoms with Crippen molar-refractivity contribution in [3.05, 3.63) is 106 Å². The lowest BCUT2D eigenvalue weighted by Crippen LogP contribution is -2.42. The maximum atomic E-state index is 2.36. The van der Waals surface area contributed by atoms with Crippen LogP contribution in [-0.4, -0.2) is 0 Å². The van der Waals surface area contributed by atoms with Crippen LogP contribution in [0.4, 0.5) is 0 Å². The van der Waals surface area contributed by atoms with Crippen LogP contribution in [-0.2, 0) is 5.41 Å². The highest BCUT2D eigenvalue weighted by molar-refractivity contribution is 5.72. The van der Waals surface area contributed by atoms with Gasteiger partial charge in [-0.05, 0) is 52.3 Å². The van der Waals surface area contributed by atoms with E-state index in [2.05, 4.69) is 80.6 Å². The summed E-state index contributed by atoms with van der Waals surface area (Å²) < 4.78 is 0. The average molecular weight is 296 g/mol. The zero-order valence-corrected chi connectivity index (χ0v) is 13.6. The molecule has 0 saturated carbocycles. The van der Waals surface area contributed by atoms with Crippen LogP contribution in [0.2, 0.25) is 0 Å². The van der Waals surface area contributed by atoms with Gasteiger partial charge in [-0.25, -0.2) is 0 Å². The Hall–Kier alpha value is -2.34. The molecule has 3 aromatic rings. The first-order chi connectivity index (χ1) is 11.3. The predicted octanol–water partition coefficient (Wildman–Crippen LogP) is 5.55. The van der Waals surface area contributed by atoms with Crippen molar-refractivity contribution in [3.8, 4) is 0 Å². The van der Waals surface area contributed by atoms with Crippen LogP contribution >= 0.6 is 0 Å². The minimum absolute atomic E-state index is 0.0165. The monoisotopic (exact) mass is 296 g/mol. The quantitative estimate of drug-likeness (QED) is 0.552. The van der Waals surface area contributed by atoms with E-state index in [0.29, 0.717) is 5.92 Å². The molecule has 0 radical (unpaired) electrons. The molecule has 0 unspecified atom stereocenters. The topological polar surface area (TPSA) is 0 Å². The molecule has 0 fully saturated rings. The maximum Gasteiger partial charge on any atom is 0.0460 e. The van der Waals surface area contributed by atoms with Gasteiger partial charge in [0.2, 0.25) is 0 Å². The largest absolute Gasteiger partial charge is 0.0639 e. The first kappa shape index (κ1) is 13.1. The normalized spacial score (nSPS) is 23.1. The Morgan fingerprint density at radius 1 is 0.739 bits per heavy atom. The van der Waals surface area contributed by atoms with Gasteiger partial charge in [0.05, 0.1) is 0 Å². The van der Waals surface area contributed by atoms with Crippen LogP contribution in [0.25, 0.3) is 0 Å². The zero-order chi connectivity index (χ0) is 15.6. The molecular formula is C23H20. The second-order valence-electron chi connectivity index (χ2n) is 6.91. The molecule has 3 aromatic carbocycles. The Labute approximate surface area is 137 Å². The molecule has 0 heterocycles. The van der Waals surface area contributed by atoms with Crippen LogP contribution in [0.15, 0.2) is 66.7 Å². The highest BCUT2D eigenvalue weighted by atomic mass is 14.5. The third kappa shape index (κ3) is 1.38. The summed E-state index contributed by atoms with van der Waals surface area (Å²) in [5.41, 5.74) is 10.6. The van der Waals surface area contributed by atoms with Crippen molar-refractivity contribution in [2.75, 3.05) is 0 Å². The average Bonchev–Trinajstić information content (AvgIpc) is 2.61. The van der Waals surface area contributed by atoms with Crippen molar-refractivity contribution < 1.29 is 0 Å². The Bertz CT molecular complexity index is 885. The molecule has 3 aliphatic rings. The lowest BCUT2D eigenvalue weighted by atomic mass is 9.51. The molecule has 0 amide bonds. The van der Waals surface area contributed by atoms with Crippen molar-refractivity contribution in [2.45, 2.75) is 31.6 Å². The minimum atomic E-state index is 0.0165. The summed E-state index contributed by atoms with van der Waals surface area (Å²) in [5.74, 6) is 0.394. The van der Waals surface area contributed by atoms with E-state index in [0.717, 1.165) is 6.42 Å². The van der Waals surface area contributed by atoms with Gasteiger partial charge in [0.15, 0.2) is 0 Å². The standard InChI is InChI=1S/C23H20/c1-3-23-19-13-6-4-10-16(19)21(17-11-5-7-14-20(17)23)18-12-8-9-15(2)22(18)23/h4-14,21H,3H2,1-2H3. The zero-order valence-electron chi connectivity index (χ0n) is 13.6. The summed E-state index contributed by atoms with van der Waals surface area (Å²) in [7, 11) is 0. The molecule has 112 valence electrons. The molecule has 3 aliphatic carbocycles. The van der Waals surface area contributed by atoms with E-state index < -0.39 is 0 Å². The maximum absolute atomic E-state index is 2.36. The lowest BCUT2D eigenvalue weighted by molar-refractivity contribution is 0.523. The van der Waals surface area contributed by atoms with Gasteiger partial charge >= 0.3 is 0 Å². The molecule has 0 heteroatoms. The summed E-state index contributed by atoms with van der Waals surface area (Å²) in [4.78, 5) is 0. The molecule has 0 aliphatic heterocycles. The van der Waals surface area contributed by atoms with Crippen LogP contribution in [0, 0.1) is 6.92 Å². The van der Waals surface area contributed by atoms with Crippen molar-refractivity contribution in [2.24, 2.45) is 0 Å². The van der Waals surface area contributed by atoms with Crippen LogP contribution in [0.1, 0.15) is 58.2 Å². The van der Waals surface area contributed by atoms with E-state index in [1.807, 2.05) is 0 Å². The van der Waals surface area contributed by atoms with Gasteiger partial charge in [0.1, 0.15) is 0 Å². The second kappa shape index (κ2) is 4.35. The van der Waals surface area contributed by atoms with Crippen molar-refractivity contribution in [3.63, 3.8) is 0 Å².